The van der Waals surface area contributed by atoms with Gasteiger partial charge in [0, 0.05) is 12.1 Å². The summed E-state index contributed by atoms with van der Waals surface area (Å²) in [6.45, 7) is -0.705. The molecule has 2 aromatic rings. The van der Waals surface area contributed by atoms with E-state index < -0.39 is 33.4 Å². The predicted molar refractivity (Wildman–Crippen MR) is 105 cm³/mol. The highest BCUT2D eigenvalue weighted by Gasteiger charge is 2.20. The van der Waals surface area contributed by atoms with Gasteiger partial charge in [0.1, 0.15) is 4.90 Å². The Bertz CT molecular complexity index is 1090. The summed E-state index contributed by atoms with van der Waals surface area (Å²) in [6.07, 6.45) is 0. The molecule has 0 saturated heterocycles. The quantitative estimate of drug-likeness (QED) is 0.366. The minimum absolute atomic E-state index is 0.0708. The molecule has 0 saturated carbocycles. The molecule has 2 rings (SSSR count). The summed E-state index contributed by atoms with van der Waals surface area (Å²) in [5.74, 6) is -1.72. The summed E-state index contributed by atoms with van der Waals surface area (Å²) in [5, 5.41) is 12.8. The average molecular weight is 462 g/mol. The van der Waals surface area contributed by atoms with E-state index in [-0.39, 0.29) is 31.9 Å². The number of nitro groups is 1. The van der Waals surface area contributed by atoms with Gasteiger partial charge in [0.15, 0.2) is 6.61 Å². The second-order valence-corrected chi connectivity index (χ2v) is 8.07. The van der Waals surface area contributed by atoms with E-state index in [0.717, 1.165) is 18.2 Å². The van der Waals surface area contributed by atoms with Crippen LogP contribution < -0.4 is 10.0 Å². The summed E-state index contributed by atoms with van der Waals surface area (Å²) in [4.78, 5) is 33.8. The minimum Gasteiger partial charge on any atom is -0.452 e. The fraction of sp³-hybridized carbons (Fsp3) is 0.125. The molecule has 10 nitrogen and oxygen atoms in total. The molecule has 0 atom stereocenters. The number of nitro benzene ring substituents is 1. The van der Waals surface area contributed by atoms with E-state index in [0.29, 0.717) is 0 Å². The Balaban J connectivity index is 2.05. The van der Waals surface area contributed by atoms with E-state index in [1.807, 2.05) is 0 Å². The van der Waals surface area contributed by atoms with Crippen molar-refractivity contribution in [1.29, 1.82) is 0 Å². The lowest BCUT2D eigenvalue weighted by atomic mass is 10.2. The smallest absolute Gasteiger partial charge is 0.338 e. The standard InChI is InChI=1S/C16H13Cl2N3O7S/c1-19-29(26,27)14-6-9(2-4-11(14)17)16(23)28-8-15(22)20-13-5-3-10(21(24)25)7-12(13)18/h2-7,19H,8H2,1H3,(H,20,22). The molecule has 0 aliphatic heterocycles. The molecule has 0 unspecified atom stereocenters. The van der Waals surface area contributed by atoms with Gasteiger partial charge in [-0.2, -0.15) is 0 Å². The van der Waals surface area contributed by atoms with E-state index in [4.69, 9.17) is 27.9 Å². The number of nitrogens with zero attached hydrogens (tertiary/aromatic N) is 1. The van der Waals surface area contributed by atoms with Crippen LogP contribution >= 0.6 is 23.2 Å². The predicted octanol–water partition coefficient (Wildman–Crippen LogP) is 2.61. The maximum Gasteiger partial charge on any atom is 0.338 e. The van der Waals surface area contributed by atoms with Crippen LogP contribution in [-0.2, 0) is 19.6 Å². The van der Waals surface area contributed by atoms with Crippen molar-refractivity contribution >= 4 is 56.5 Å². The fourth-order valence-corrected chi connectivity index (χ4v) is 3.54. The Kier molecular flexibility index (Phi) is 7.14. The molecule has 0 fully saturated rings. The maximum absolute atomic E-state index is 12.1. The molecular weight excluding hydrogens is 449 g/mol. The van der Waals surface area contributed by atoms with Gasteiger partial charge in [0.25, 0.3) is 11.6 Å². The highest BCUT2D eigenvalue weighted by Crippen LogP contribution is 2.26. The first-order chi connectivity index (χ1) is 13.5. The van der Waals surface area contributed by atoms with Crippen molar-refractivity contribution < 1.29 is 27.7 Å². The minimum atomic E-state index is -3.90. The van der Waals surface area contributed by atoms with Gasteiger partial charge >= 0.3 is 5.97 Å². The first-order valence-electron chi connectivity index (χ1n) is 7.69. The van der Waals surface area contributed by atoms with Crippen LogP contribution in [0, 0.1) is 10.1 Å². The van der Waals surface area contributed by atoms with Gasteiger partial charge in [0.05, 0.1) is 26.2 Å². The van der Waals surface area contributed by atoms with Crippen LogP contribution in [0.1, 0.15) is 10.4 Å². The van der Waals surface area contributed by atoms with E-state index >= 15 is 0 Å². The zero-order valence-electron chi connectivity index (χ0n) is 14.6. The summed E-state index contributed by atoms with van der Waals surface area (Å²) in [6, 6.07) is 6.89. The topological polar surface area (TPSA) is 145 Å². The lowest BCUT2D eigenvalue weighted by Gasteiger charge is -2.09. The molecular formula is C16H13Cl2N3O7S. The molecule has 0 bridgehead atoms. The number of benzene rings is 2. The number of carbonyl (C=O) groups excluding carboxylic acids is 2. The zero-order valence-corrected chi connectivity index (χ0v) is 17.0. The van der Waals surface area contributed by atoms with Gasteiger partial charge in [-0.3, -0.25) is 14.9 Å². The molecule has 0 aliphatic rings. The number of esters is 1. The summed E-state index contributed by atoms with van der Waals surface area (Å²) < 4.78 is 30.7. The van der Waals surface area contributed by atoms with Gasteiger partial charge in [-0.05, 0) is 31.3 Å². The van der Waals surface area contributed by atoms with Crippen molar-refractivity contribution in [1.82, 2.24) is 4.72 Å². The number of anilines is 1. The van der Waals surface area contributed by atoms with E-state index in [9.17, 15) is 28.1 Å². The molecule has 2 aromatic carbocycles. The number of hydrogen-bond acceptors (Lipinski definition) is 7. The molecule has 0 spiro atoms. The summed E-state index contributed by atoms with van der Waals surface area (Å²) in [5.41, 5.74) is -0.300. The number of hydrogen-bond donors (Lipinski definition) is 2. The fourth-order valence-electron chi connectivity index (χ4n) is 2.07. The normalized spacial score (nSPS) is 11.0. The monoisotopic (exact) mass is 461 g/mol. The molecule has 1 amide bonds. The van der Waals surface area contributed by atoms with Crippen LogP contribution in [0.4, 0.5) is 11.4 Å². The second-order valence-electron chi connectivity index (χ2n) is 5.40. The number of rotatable bonds is 7. The first-order valence-corrected chi connectivity index (χ1v) is 9.93. The molecule has 0 radical (unpaired) electrons. The molecule has 0 aromatic heterocycles. The van der Waals surface area contributed by atoms with Crippen LogP contribution in [0.2, 0.25) is 10.0 Å². The number of carbonyl (C=O) groups is 2. The molecule has 13 heteroatoms. The number of sulfonamides is 1. The number of ether oxygens (including phenoxy) is 1. The van der Waals surface area contributed by atoms with Crippen LogP contribution in [0.3, 0.4) is 0 Å². The lowest BCUT2D eigenvalue weighted by molar-refractivity contribution is -0.384. The van der Waals surface area contributed by atoms with Crippen molar-refractivity contribution in [2.45, 2.75) is 4.90 Å². The largest absolute Gasteiger partial charge is 0.452 e. The van der Waals surface area contributed by atoms with Crippen molar-refractivity contribution in [3.8, 4) is 0 Å². The Hall–Kier alpha value is -2.73. The van der Waals surface area contributed by atoms with E-state index in [1.165, 1.54) is 25.2 Å². The zero-order chi connectivity index (χ0) is 21.8. The molecule has 29 heavy (non-hydrogen) atoms. The Morgan fingerprint density at radius 3 is 2.41 bits per heavy atom. The Morgan fingerprint density at radius 2 is 1.83 bits per heavy atom. The average Bonchev–Trinajstić information content (AvgIpc) is 2.67. The molecule has 0 aliphatic carbocycles. The van der Waals surface area contributed by atoms with Crippen LogP contribution in [-0.4, -0.2) is 38.9 Å². The molecule has 2 N–H and O–H groups in total. The SMILES string of the molecule is CNS(=O)(=O)c1cc(C(=O)OCC(=O)Nc2ccc([N+](=O)[O-])cc2Cl)ccc1Cl. The Labute approximate surface area is 175 Å². The first kappa shape index (κ1) is 22.6. The van der Waals surface area contributed by atoms with Gasteiger partial charge in [-0.1, -0.05) is 23.2 Å². The highest BCUT2D eigenvalue weighted by atomic mass is 35.5. The number of non-ortho nitro benzene ring substituents is 1. The maximum atomic E-state index is 12.1. The molecule has 154 valence electrons. The van der Waals surface area contributed by atoms with Gasteiger partial charge in [0.2, 0.25) is 10.0 Å². The van der Waals surface area contributed by atoms with E-state index in [2.05, 4.69) is 10.0 Å². The van der Waals surface area contributed by atoms with Crippen molar-refractivity contribution in [3.05, 3.63) is 62.1 Å². The van der Waals surface area contributed by atoms with Gasteiger partial charge in [-0.25, -0.2) is 17.9 Å². The second kappa shape index (κ2) is 9.18. The molecule has 0 heterocycles. The third-order valence-electron chi connectivity index (χ3n) is 3.50. The number of amides is 1. The van der Waals surface area contributed by atoms with Crippen LogP contribution in [0.5, 0.6) is 0 Å². The summed E-state index contributed by atoms with van der Waals surface area (Å²) >= 11 is 11.7. The number of nitrogens with one attached hydrogen (secondary N) is 2. The van der Waals surface area contributed by atoms with Gasteiger partial charge in [-0.15, -0.1) is 0 Å². The number of halogens is 2. The highest BCUT2D eigenvalue weighted by molar-refractivity contribution is 7.89. The summed E-state index contributed by atoms with van der Waals surface area (Å²) in [7, 11) is -2.72. The van der Waals surface area contributed by atoms with Gasteiger partial charge < -0.3 is 10.1 Å². The van der Waals surface area contributed by atoms with Crippen molar-refractivity contribution in [2.24, 2.45) is 0 Å². The third kappa shape index (κ3) is 5.64. The Morgan fingerprint density at radius 1 is 1.14 bits per heavy atom. The van der Waals surface area contributed by atoms with Crippen molar-refractivity contribution in [3.63, 3.8) is 0 Å². The lowest BCUT2D eigenvalue weighted by Crippen LogP contribution is -2.22. The third-order valence-corrected chi connectivity index (χ3v) is 5.71. The van der Waals surface area contributed by atoms with Crippen LogP contribution in [0.15, 0.2) is 41.3 Å². The van der Waals surface area contributed by atoms with Crippen molar-refractivity contribution in [2.75, 3.05) is 19.0 Å². The van der Waals surface area contributed by atoms with E-state index in [1.54, 1.807) is 0 Å². The van der Waals surface area contributed by atoms with Crippen LogP contribution in [0.25, 0.3) is 0 Å².